The fraction of sp³-hybridized carbons (Fsp3) is 0.348. The van der Waals surface area contributed by atoms with Crippen LogP contribution in [0.5, 0.6) is 0 Å². The average molecular weight is 394 g/mol. The van der Waals surface area contributed by atoms with Crippen LogP contribution in [0, 0.1) is 0 Å². The van der Waals surface area contributed by atoms with Gasteiger partial charge in [-0.1, -0.05) is 12.8 Å². The van der Waals surface area contributed by atoms with Crippen LogP contribution < -0.4 is 5.48 Å². The van der Waals surface area contributed by atoms with Crippen molar-refractivity contribution in [3.63, 3.8) is 0 Å². The monoisotopic (exact) mass is 394 g/mol. The van der Waals surface area contributed by atoms with Crippen LogP contribution in [-0.4, -0.2) is 27.2 Å². The number of Topliss-reactive ketones (excluding diaryl/α,β-unsaturated/α-hetero) is 2. The van der Waals surface area contributed by atoms with Crippen molar-refractivity contribution in [2.24, 2.45) is 0 Å². The number of nitrogens with zero attached hydrogens (tertiary/aromatic N) is 1. The second-order valence-corrected chi connectivity index (χ2v) is 7.43. The first-order valence-electron chi connectivity index (χ1n) is 9.93. The predicted octanol–water partition coefficient (Wildman–Crippen LogP) is 4.66. The maximum absolute atomic E-state index is 11.8. The van der Waals surface area contributed by atoms with Crippen molar-refractivity contribution in [1.29, 1.82) is 0 Å². The van der Waals surface area contributed by atoms with Gasteiger partial charge in [0.1, 0.15) is 0 Å². The molecule has 0 saturated heterocycles. The molecule has 152 valence electrons. The number of aryl methyl sites for hydroxylation is 1. The summed E-state index contributed by atoms with van der Waals surface area (Å²) in [7, 11) is 0. The molecule has 0 aliphatic rings. The average Bonchev–Trinajstić information content (AvgIpc) is 3.02. The maximum atomic E-state index is 11.8. The minimum Gasteiger partial charge on any atom is -0.340 e. The van der Waals surface area contributed by atoms with Gasteiger partial charge in [0.25, 0.3) is 0 Å². The fourth-order valence-corrected chi connectivity index (χ4v) is 3.75. The lowest BCUT2D eigenvalue weighted by Gasteiger charge is -2.08. The van der Waals surface area contributed by atoms with Gasteiger partial charge in [-0.25, -0.2) is 5.48 Å². The molecule has 0 saturated carbocycles. The van der Waals surface area contributed by atoms with Crippen molar-refractivity contribution >= 4 is 39.3 Å². The number of unbranched alkanes of at least 4 members (excludes halogenated alkanes) is 3. The van der Waals surface area contributed by atoms with Crippen LogP contribution in [0.25, 0.3) is 21.8 Å². The molecule has 2 aromatic carbocycles. The molecule has 0 unspecified atom stereocenters. The van der Waals surface area contributed by atoms with E-state index in [1.54, 1.807) is 19.3 Å². The van der Waals surface area contributed by atoms with Crippen LogP contribution in [0.3, 0.4) is 0 Å². The summed E-state index contributed by atoms with van der Waals surface area (Å²) in [5.74, 6) is -0.320. The Balaban J connectivity index is 1.88. The first kappa shape index (κ1) is 20.7. The van der Waals surface area contributed by atoms with E-state index in [2.05, 4.69) is 4.57 Å². The molecule has 0 radical (unpaired) electrons. The van der Waals surface area contributed by atoms with Gasteiger partial charge in [0.05, 0.1) is 0 Å². The van der Waals surface area contributed by atoms with E-state index < -0.39 is 0 Å². The summed E-state index contributed by atoms with van der Waals surface area (Å²) in [6.45, 7) is 3.92. The topological polar surface area (TPSA) is 88.4 Å². The summed E-state index contributed by atoms with van der Waals surface area (Å²) in [5, 5.41) is 10.5. The first-order chi connectivity index (χ1) is 13.9. The molecule has 0 aliphatic heterocycles. The second kappa shape index (κ2) is 9.01. The van der Waals surface area contributed by atoms with Crippen LogP contribution >= 0.6 is 0 Å². The molecule has 0 atom stereocenters. The summed E-state index contributed by atoms with van der Waals surface area (Å²) in [6.07, 6.45) is 3.89. The van der Waals surface area contributed by atoms with Crippen LogP contribution in [0.4, 0.5) is 0 Å². The van der Waals surface area contributed by atoms with E-state index in [9.17, 15) is 14.4 Å². The molecule has 1 heterocycles. The van der Waals surface area contributed by atoms with Gasteiger partial charge in [0, 0.05) is 45.9 Å². The van der Waals surface area contributed by atoms with Crippen molar-refractivity contribution in [3.8, 4) is 0 Å². The lowest BCUT2D eigenvalue weighted by atomic mass is 10.0. The largest absolute Gasteiger partial charge is 0.340 e. The Morgan fingerprint density at radius 2 is 1.34 bits per heavy atom. The molecule has 6 heteroatoms. The summed E-state index contributed by atoms with van der Waals surface area (Å²) in [4.78, 5) is 34.8. The number of hydrogen-bond donors (Lipinski definition) is 2. The van der Waals surface area contributed by atoms with E-state index in [0.717, 1.165) is 54.0 Å². The third kappa shape index (κ3) is 4.54. The summed E-state index contributed by atoms with van der Waals surface area (Å²) < 4.78 is 2.24. The number of hydroxylamine groups is 1. The smallest absolute Gasteiger partial charge is 0.243 e. The Bertz CT molecular complexity index is 1010. The normalized spacial score (nSPS) is 11.1. The zero-order chi connectivity index (χ0) is 21.0. The maximum Gasteiger partial charge on any atom is 0.243 e. The highest BCUT2D eigenvalue weighted by Crippen LogP contribution is 2.31. The standard InChI is InChI=1S/C23H26N2O4/c1-15(26)17-8-10-21-19(13-17)20-14-18(16(2)27)9-11-22(20)25(21)12-6-4-3-5-7-23(28)24-29/h8-11,13-14,29H,3-7,12H2,1-2H3,(H,24,28). The van der Waals surface area contributed by atoms with Crippen molar-refractivity contribution in [2.45, 2.75) is 52.5 Å². The van der Waals surface area contributed by atoms with Crippen molar-refractivity contribution in [2.75, 3.05) is 0 Å². The van der Waals surface area contributed by atoms with Crippen LogP contribution in [0.1, 0.15) is 66.7 Å². The molecule has 0 bridgehead atoms. The molecular weight excluding hydrogens is 368 g/mol. The van der Waals surface area contributed by atoms with Gasteiger partial charge < -0.3 is 4.57 Å². The number of amides is 1. The van der Waals surface area contributed by atoms with Gasteiger partial charge >= 0.3 is 0 Å². The zero-order valence-electron chi connectivity index (χ0n) is 16.8. The first-order valence-corrected chi connectivity index (χ1v) is 9.93. The van der Waals surface area contributed by atoms with Crippen molar-refractivity contribution < 1.29 is 19.6 Å². The number of hydrogen-bond acceptors (Lipinski definition) is 4. The van der Waals surface area contributed by atoms with E-state index in [1.165, 1.54) is 0 Å². The van der Waals surface area contributed by atoms with Crippen molar-refractivity contribution in [3.05, 3.63) is 47.5 Å². The Morgan fingerprint density at radius 3 is 1.83 bits per heavy atom. The highest BCUT2D eigenvalue weighted by atomic mass is 16.5. The van der Waals surface area contributed by atoms with Gasteiger partial charge in [0.15, 0.2) is 11.6 Å². The summed E-state index contributed by atoms with van der Waals surface area (Å²) in [6, 6.07) is 11.5. The van der Waals surface area contributed by atoms with Gasteiger partial charge in [-0.05, 0) is 63.1 Å². The molecule has 1 aromatic heterocycles. The third-order valence-corrected chi connectivity index (χ3v) is 5.34. The molecule has 29 heavy (non-hydrogen) atoms. The third-order valence-electron chi connectivity index (χ3n) is 5.34. The molecule has 3 rings (SSSR count). The Labute approximate surface area is 169 Å². The van der Waals surface area contributed by atoms with Crippen LogP contribution in [0.15, 0.2) is 36.4 Å². The Hall–Kier alpha value is -2.99. The second-order valence-electron chi connectivity index (χ2n) is 7.43. The van der Waals surface area contributed by atoms with Gasteiger partial charge in [-0.3, -0.25) is 19.6 Å². The Morgan fingerprint density at radius 1 is 0.828 bits per heavy atom. The zero-order valence-corrected chi connectivity index (χ0v) is 16.8. The number of carbonyl (C=O) groups excluding carboxylic acids is 3. The minimum atomic E-state index is -0.352. The SMILES string of the molecule is CC(=O)c1ccc2c(c1)c1cc(C(C)=O)ccc1n2CCCCCCC(=O)NO. The number of fused-ring (bicyclic) bond motifs is 3. The van der Waals surface area contributed by atoms with Gasteiger partial charge in [-0.15, -0.1) is 0 Å². The lowest BCUT2D eigenvalue weighted by molar-refractivity contribution is -0.129. The number of nitrogens with one attached hydrogen (secondary N) is 1. The molecule has 1 amide bonds. The number of benzene rings is 2. The summed E-state index contributed by atoms with van der Waals surface area (Å²) in [5.41, 5.74) is 5.06. The highest BCUT2D eigenvalue weighted by molar-refractivity contribution is 6.12. The van der Waals surface area contributed by atoms with E-state index in [1.807, 2.05) is 36.4 Å². The molecule has 0 fully saturated rings. The van der Waals surface area contributed by atoms with Crippen molar-refractivity contribution in [1.82, 2.24) is 10.0 Å². The molecule has 6 nitrogen and oxygen atoms in total. The van der Waals surface area contributed by atoms with E-state index in [-0.39, 0.29) is 17.5 Å². The number of rotatable bonds is 9. The number of carbonyl (C=O) groups is 3. The predicted molar refractivity (Wildman–Crippen MR) is 112 cm³/mol. The molecule has 0 aliphatic carbocycles. The molecule has 2 N–H and O–H groups in total. The summed E-state index contributed by atoms with van der Waals surface area (Å²) >= 11 is 0. The van der Waals surface area contributed by atoms with Crippen LogP contribution in [0.2, 0.25) is 0 Å². The minimum absolute atomic E-state index is 0.0161. The molecule has 0 spiro atoms. The number of ketones is 2. The van der Waals surface area contributed by atoms with E-state index in [4.69, 9.17) is 5.21 Å². The Kier molecular flexibility index (Phi) is 6.44. The van der Waals surface area contributed by atoms with Gasteiger partial charge in [-0.2, -0.15) is 0 Å². The molecule has 3 aromatic rings. The quantitative estimate of drug-likeness (QED) is 0.239. The van der Waals surface area contributed by atoms with E-state index in [0.29, 0.717) is 17.5 Å². The van der Waals surface area contributed by atoms with Crippen LogP contribution in [-0.2, 0) is 11.3 Å². The lowest BCUT2D eigenvalue weighted by Crippen LogP contribution is -2.17. The van der Waals surface area contributed by atoms with Gasteiger partial charge in [0.2, 0.25) is 5.91 Å². The van der Waals surface area contributed by atoms with E-state index >= 15 is 0 Å². The number of aromatic nitrogens is 1. The molecular formula is C23H26N2O4. The fourth-order valence-electron chi connectivity index (χ4n) is 3.75. The highest BCUT2D eigenvalue weighted by Gasteiger charge is 2.14.